The van der Waals surface area contributed by atoms with E-state index in [2.05, 4.69) is 53.6 Å². The number of hydrogen-bond acceptors (Lipinski definition) is 5. The van der Waals surface area contributed by atoms with E-state index >= 15 is 0 Å². The van der Waals surface area contributed by atoms with Gasteiger partial charge in [0.1, 0.15) is 0 Å². The van der Waals surface area contributed by atoms with E-state index in [4.69, 9.17) is 4.74 Å². The van der Waals surface area contributed by atoms with Crippen LogP contribution in [0.2, 0.25) is 0 Å². The number of nitrogens with one attached hydrogen (secondary N) is 1. The summed E-state index contributed by atoms with van der Waals surface area (Å²) in [6.45, 7) is 4.84. The topological polar surface area (TPSA) is 46.5 Å². The molecule has 1 N–H and O–H groups in total. The van der Waals surface area contributed by atoms with Gasteiger partial charge in [-0.1, -0.05) is 55.5 Å². The first kappa shape index (κ1) is 18.3. The van der Waals surface area contributed by atoms with Gasteiger partial charge in [-0.05, 0) is 30.5 Å². The molecule has 4 nitrogen and oxygen atoms in total. The highest BCUT2D eigenvalue weighted by atomic mass is 32.1. The van der Waals surface area contributed by atoms with Crippen LogP contribution in [0.3, 0.4) is 0 Å². The van der Waals surface area contributed by atoms with Gasteiger partial charge in [0, 0.05) is 10.9 Å². The van der Waals surface area contributed by atoms with Crippen LogP contribution in [0.4, 0.5) is 5.13 Å². The van der Waals surface area contributed by atoms with Crippen molar-refractivity contribution in [2.75, 3.05) is 5.43 Å². The van der Waals surface area contributed by atoms with Crippen LogP contribution in [0.1, 0.15) is 31.4 Å². The lowest BCUT2D eigenvalue weighted by Gasteiger charge is -2.10. The van der Waals surface area contributed by atoms with Crippen LogP contribution < -0.4 is 5.43 Å². The van der Waals surface area contributed by atoms with Crippen molar-refractivity contribution >= 4 is 22.7 Å². The Morgan fingerprint density at radius 2 is 2.04 bits per heavy atom. The van der Waals surface area contributed by atoms with Gasteiger partial charge in [-0.3, -0.25) is 5.43 Å². The molecule has 134 valence electrons. The summed E-state index contributed by atoms with van der Waals surface area (Å²) >= 11 is 1.54. The molecule has 1 heterocycles. The Hall–Kier alpha value is -2.50. The minimum Gasteiger partial charge on any atom is -0.374 e. The van der Waals surface area contributed by atoms with Crippen molar-refractivity contribution in [1.82, 2.24) is 4.98 Å². The lowest BCUT2D eigenvalue weighted by molar-refractivity contribution is 0.0508. The molecule has 0 aliphatic rings. The summed E-state index contributed by atoms with van der Waals surface area (Å²) in [5.74, 6) is 0. The highest BCUT2D eigenvalue weighted by Gasteiger charge is 2.03. The van der Waals surface area contributed by atoms with E-state index in [9.17, 15) is 0 Å². The van der Waals surface area contributed by atoms with Crippen LogP contribution in [0.5, 0.6) is 0 Å². The van der Waals surface area contributed by atoms with Crippen molar-refractivity contribution in [2.24, 2.45) is 5.10 Å². The number of rotatable bonds is 8. The van der Waals surface area contributed by atoms with E-state index in [0.717, 1.165) is 33.9 Å². The third-order valence-corrected chi connectivity index (χ3v) is 4.75. The number of thiazole rings is 1. The summed E-state index contributed by atoms with van der Waals surface area (Å²) in [7, 11) is 0. The molecule has 0 radical (unpaired) electrons. The molecule has 0 aliphatic heterocycles. The summed E-state index contributed by atoms with van der Waals surface area (Å²) < 4.78 is 5.78. The lowest BCUT2D eigenvalue weighted by atomic mass is 10.1. The third kappa shape index (κ3) is 5.25. The average molecular weight is 366 g/mol. The second kappa shape index (κ2) is 9.27. The average Bonchev–Trinajstić information content (AvgIpc) is 3.16. The van der Waals surface area contributed by atoms with E-state index in [1.165, 1.54) is 0 Å². The van der Waals surface area contributed by atoms with Crippen LogP contribution in [-0.2, 0) is 11.3 Å². The Morgan fingerprint density at radius 1 is 1.19 bits per heavy atom. The molecule has 0 aliphatic carbocycles. The Morgan fingerprint density at radius 3 is 2.85 bits per heavy atom. The molecule has 1 aromatic heterocycles. The number of aromatic nitrogens is 1. The first-order valence-corrected chi connectivity index (χ1v) is 9.63. The van der Waals surface area contributed by atoms with Crippen molar-refractivity contribution in [2.45, 2.75) is 33.0 Å². The van der Waals surface area contributed by atoms with Crippen molar-refractivity contribution in [3.63, 3.8) is 0 Å². The normalized spacial score (nSPS) is 12.4. The maximum atomic E-state index is 5.78. The quantitative estimate of drug-likeness (QED) is 0.419. The van der Waals surface area contributed by atoms with Crippen LogP contribution in [0.15, 0.2) is 65.1 Å². The Bertz CT molecular complexity index is 845. The van der Waals surface area contributed by atoms with Crippen molar-refractivity contribution in [3.05, 3.63) is 71.1 Å². The Kier molecular flexibility index (Phi) is 6.52. The summed E-state index contributed by atoms with van der Waals surface area (Å²) in [6.07, 6.45) is 3.10. The predicted octanol–water partition coefficient (Wildman–Crippen LogP) is 5.57. The highest BCUT2D eigenvalue weighted by molar-refractivity contribution is 7.14. The van der Waals surface area contributed by atoms with E-state index in [0.29, 0.717) is 6.61 Å². The molecule has 3 rings (SSSR count). The van der Waals surface area contributed by atoms with Gasteiger partial charge in [-0.15, -0.1) is 11.3 Å². The Balaban J connectivity index is 1.58. The number of nitrogens with zero attached hydrogens (tertiary/aromatic N) is 2. The van der Waals surface area contributed by atoms with Gasteiger partial charge < -0.3 is 4.74 Å². The minimum atomic E-state index is 0.276. The van der Waals surface area contributed by atoms with E-state index < -0.39 is 0 Å². The molecule has 1 unspecified atom stereocenters. The van der Waals surface area contributed by atoms with Gasteiger partial charge in [0.15, 0.2) is 0 Å². The van der Waals surface area contributed by atoms with E-state index in [-0.39, 0.29) is 6.10 Å². The third-order valence-electron chi connectivity index (χ3n) is 4.01. The lowest BCUT2D eigenvalue weighted by Crippen LogP contribution is -2.06. The van der Waals surface area contributed by atoms with E-state index in [1.54, 1.807) is 17.6 Å². The van der Waals surface area contributed by atoms with Crippen LogP contribution >= 0.6 is 11.3 Å². The molecule has 0 saturated heterocycles. The number of ether oxygens (including phenoxy) is 1. The molecule has 0 fully saturated rings. The second-order valence-electron chi connectivity index (χ2n) is 6.05. The first-order valence-electron chi connectivity index (χ1n) is 8.75. The zero-order chi connectivity index (χ0) is 18.2. The summed E-state index contributed by atoms with van der Waals surface area (Å²) in [4.78, 5) is 4.56. The van der Waals surface area contributed by atoms with Crippen LogP contribution in [-0.4, -0.2) is 17.3 Å². The molecule has 2 aromatic carbocycles. The van der Waals surface area contributed by atoms with Crippen LogP contribution in [0, 0.1) is 0 Å². The maximum Gasteiger partial charge on any atom is 0.203 e. The minimum absolute atomic E-state index is 0.276. The van der Waals surface area contributed by atoms with Crippen molar-refractivity contribution in [3.8, 4) is 11.3 Å². The molecule has 0 amide bonds. The van der Waals surface area contributed by atoms with Gasteiger partial charge in [-0.25, -0.2) is 4.98 Å². The number of benzene rings is 2. The molecule has 1 atom stereocenters. The molecular weight excluding hydrogens is 342 g/mol. The zero-order valence-corrected chi connectivity index (χ0v) is 15.9. The summed E-state index contributed by atoms with van der Waals surface area (Å²) in [5, 5.41) is 7.11. The van der Waals surface area contributed by atoms with E-state index in [1.807, 2.05) is 35.7 Å². The van der Waals surface area contributed by atoms with Gasteiger partial charge >= 0.3 is 0 Å². The van der Waals surface area contributed by atoms with Gasteiger partial charge in [0.25, 0.3) is 0 Å². The Labute approximate surface area is 158 Å². The predicted molar refractivity (Wildman–Crippen MR) is 110 cm³/mol. The van der Waals surface area contributed by atoms with Gasteiger partial charge in [0.05, 0.1) is 24.6 Å². The number of anilines is 1. The molecule has 0 saturated carbocycles. The maximum absolute atomic E-state index is 5.78. The summed E-state index contributed by atoms with van der Waals surface area (Å²) in [5.41, 5.74) is 7.25. The van der Waals surface area contributed by atoms with Crippen LogP contribution in [0.25, 0.3) is 11.3 Å². The molecule has 5 heteroatoms. The number of hydrazone groups is 1. The molecular formula is C21H23N3OS. The SMILES string of the molecule is CCC(C)OCc1cccc(C=NNc2nc(-c3ccccc3)cs2)c1. The number of hydrogen-bond donors (Lipinski definition) is 1. The fraction of sp³-hybridized carbons (Fsp3) is 0.238. The highest BCUT2D eigenvalue weighted by Crippen LogP contribution is 2.24. The molecule has 0 spiro atoms. The summed E-state index contributed by atoms with van der Waals surface area (Å²) in [6, 6.07) is 18.3. The molecule has 3 aromatic rings. The van der Waals surface area contributed by atoms with Crippen molar-refractivity contribution < 1.29 is 4.74 Å². The fourth-order valence-electron chi connectivity index (χ4n) is 2.35. The second-order valence-corrected chi connectivity index (χ2v) is 6.91. The smallest absolute Gasteiger partial charge is 0.203 e. The largest absolute Gasteiger partial charge is 0.374 e. The molecule has 0 bridgehead atoms. The van der Waals surface area contributed by atoms with Gasteiger partial charge in [0.2, 0.25) is 5.13 Å². The van der Waals surface area contributed by atoms with Gasteiger partial charge in [-0.2, -0.15) is 5.10 Å². The fourth-order valence-corrected chi connectivity index (χ4v) is 3.02. The molecule has 26 heavy (non-hydrogen) atoms. The van der Waals surface area contributed by atoms with Crippen molar-refractivity contribution in [1.29, 1.82) is 0 Å². The monoisotopic (exact) mass is 365 g/mol. The zero-order valence-electron chi connectivity index (χ0n) is 15.1. The standard InChI is InChI=1S/C21H23N3OS/c1-3-16(2)25-14-18-9-7-8-17(12-18)13-22-24-21-23-20(15-26-21)19-10-5-4-6-11-19/h4-13,15-16H,3,14H2,1-2H3,(H,23,24). The first-order chi connectivity index (χ1) is 12.7.